The fourth-order valence-electron chi connectivity index (χ4n) is 2.33. The summed E-state index contributed by atoms with van der Waals surface area (Å²) in [6.45, 7) is 0. The first-order valence-corrected chi connectivity index (χ1v) is 6.87. The van der Waals surface area contributed by atoms with Gasteiger partial charge in [-0.3, -0.25) is 10.0 Å². The van der Waals surface area contributed by atoms with Crippen LogP contribution in [0, 0.1) is 0 Å². The second kappa shape index (κ2) is 5.59. The van der Waals surface area contributed by atoms with Gasteiger partial charge in [0.1, 0.15) is 0 Å². The van der Waals surface area contributed by atoms with Crippen LogP contribution in [0.1, 0.15) is 25.7 Å². The number of fused-ring (bicyclic) bond motifs is 1. The Hall–Kier alpha value is -0.950. The van der Waals surface area contributed by atoms with Gasteiger partial charge < -0.3 is 10.6 Å². The smallest absolute Gasteiger partial charge is 0.315 e. The van der Waals surface area contributed by atoms with E-state index < -0.39 is 0 Å². The first-order chi connectivity index (χ1) is 8.20. The minimum Gasteiger partial charge on any atom is -0.332 e. The molecule has 2 rings (SSSR count). The molecule has 0 aromatic heterocycles. The van der Waals surface area contributed by atoms with Crippen LogP contribution in [0.15, 0.2) is 0 Å². The van der Waals surface area contributed by atoms with Crippen LogP contribution in [0.3, 0.4) is 0 Å². The third-order valence-electron chi connectivity index (χ3n) is 3.21. The summed E-state index contributed by atoms with van der Waals surface area (Å²) in [7, 11) is 0. The van der Waals surface area contributed by atoms with Crippen molar-refractivity contribution >= 4 is 23.7 Å². The molecule has 17 heavy (non-hydrogen) atoms. The summed E-state index contributed by atoms with van der Waals surface area (Å²) in [5.74, 6) is 0.628. The van der Waals surface area contributed by atoms with E-state index >= 15 is 0 Å². The standard InChI is InChI=1S/C10H17N3O3S/c14-8(13-16)4-2-1-3-7-9-6(5-17-7)11-10(15)12-9/h6-7,9,16H,1-5H2,(H,13,14)(H2,11,12,15). The molecule has 2 saturated heterocycles. The number of carbonyl (C=O) groups is 2. The van der Waals surface area contributed by atoms with E-state index in [1.807, 2.05) is 11.8 Å². The van der Waals surface area contributed by atoms with Crippen molar-refractivity contribution in [2.24, 2.45) is 0 Å². The molecule has 0 aromatic carbocycles. The molecule has 0 bridgehead atoms. The van der Waals surface area contributed by atoms with Gasteiger partial charge in [0.15, 0.2) is 0 Å². The van der Waals surface area contributed by atoms with Crippen molar-refractivity contribution in [2.45, 2.75) is 43.0 Å². The summed E-state index contributed by atoms with van der Waals surface area (Å²) in [4.78, 5) is 21.9. The highest BCUT2D eigenvalue weighted by Crippen LogP contribution is 2.33. The number of nitrogens with one attached hydrogen (secondary N) is 3. The summed E-state index contributed by atoms with van der Waals surface area (Å²) in [6, 6.07) is 0.433. The third kappa shape index (κ3) is 3.04. The van der Waals surface area contributed by atoms with Gasteiger partial charge in [0.2, 0.25) is 5.91 Å². The molecule has 7 heteroatoms. The maximum atomic E-state index is 11.1. The molecule has 3 atom stereocenters. The highest BCUT2D eigenvalue weighted by atomic mass is 32.2. The second-order valence-electron chi connectivity index (χ2n) is 4.40. The van der Waals surface area contributed by atoms with Gasteiger partial charge in [0.25, 0.3) is 0 Å². The summed E-state index contributed by atoms with van der Waals surface area (Å²) >= 11 is 1.87. The lowest BCUT2D eigenvalue weighted by Gasteiger charge is -2.16. The largest absolute Gasteiger partial charge is 0.332 e. The van der Waals surface area contributed by atoms with Crippen molar-refractivity contribution in [2.75, 3.05) is 5.75 Å². The lowest BCUT2D eigenvalue weighted by Crippen LogP contribution is -2.36. The molecule has 0 aliphatic carbocycles. The van der Waals surface area contributed by atoms with Gasteiger partial charge in [-0.25, -0.2) is 10.3 Å². The number of thioether (sulfide) groups is 1. The Bertz CT molecular complexity index is 313. The van der Waals surface area contributed by atoms with Gasteiger partial charge in [-0.05, 0) is 12.8 Å². The lowest BCUT2D eigenvalue weighted by atomic mass is 10.0. The molecule has 0 radical (unpaired) electrons. The highest BCUT2D eigenvalue weighted by Gasteiger charge is 2.42. The van der Waals surface area contributed by atoms with E-state index in [9.17, 15) is 9.59 Å². The summed E-state index contributed by atoms with van der Waals surface area (Å²) in [5.41, 5.74) is 1.63. The van der Waals surface area contributed by atoms with Crippen molar-refractivity contribution in [3.05, 3.63) is 0 Å². The number of amides is 3. The number of hydrogen-bond donors (Lipinski definition) is 4. The monoisotopic (exact) mass is 259 g/mol. The van der Waals surface area contributed by atoms with Crippen molar-refractivity contribution in [1.29, 1.82) is 0 Å². The molecule has 2 heterocycles. The van der Waals surface area contributed by atoms with Crippen LogP contribution in [-0.4, -0.2) is 40.2 Å². The van der Waals surface area contributed by atoms with E-state index in [-0.39, 0.29) is 24.0 Å². The Labute approximate surface area is 104 Å². The highest BCUT2D eigenvalue weighted by molar-refractivity contribution is 8.00. The predicted octanol–water partition coefficient (Wildman–Crippen LogP) is 0.218. The minimum absolute atomic E-state index is 0.0649. The zero-order chi connectivity index (χ0) is 12.3. The Balaban J connectivity index is 1.66. The molecule has 3 unspecified atom stereocenters. The SMILES string of the molecule is O=C(CCCCC1SCC2NC(=O)NC21)NO. The fourth-order valence-corrected chi connectivity index (χ4v) is 3.87. The van der Waals surface area contributed by atoms with Crippen molar-refractivity contribution in [3.63, 3.8) is 0 Å². The Morgan fingerprint density at radius 3 is 3.06 bits per heavy atom. The van der Waals surface area contributed by atoms with E-state index in [0.717, 1.165) is 25.0 Å². The van der Waals surface area contributed by atoms with E-state index in [1.165, 1.54) is 0 Å². The van der Waals surface area contributed by atoms with Crippen molar-refractivity contribution < 1.29 is 14.8 Å². The molecule has 0 aromatic rings. The van der Waals surface area contributed by atoms with Crippen LogP contribution in [0.2, 0.25) is 0 Å². The zero-order valence-electron chi connectivity index (χ0n) is 9.44. The van der Waals surface area contributed by atoms with Crippen LogP contribution < -0.4 is 16.1 Å². The molecule has 2 fully saturated rings. The van der Waals surface area contributed by atoms with Gasteiger partial charge in [0, 0.05) is 17.4 Å². The lowest BCUT2D eigenvalue weighted by molar-refractivity contribution is -0.129. The molecule has 0 saturated carbocycles. The summed E-state index contributed by atoms with van der Waals surface area (Å²) in [5, 5.41) is 14.6. The number of unbranched alkanes of at least 4 members (excludes halogenated alkanes) is 1. The topological polar surface area (TPSA) is 90.5 Å². The van der Waals surface area contributed by atoms with Crippen LogP contribution in [-0.2, 0) is 4.79 Å². The average molecular weight is 259 g/mol. The first-order valence-electron chi connectivity index (χ1n) is 5.82. The third-order valence-corrected chi connectivity index (χ3v) is 4.71. The maximum Gasteiger partial charge on any atom is 0.315 e. The molecule has 96 valence electrons. The maximum absolute atomic E-state index is 11.1. The van der Waals surface area contributed by atoms with Gasteiger partial charge in [0.05, 0.1) is 12.1 Å². The van der Waals surface area contributed by atoms with E-state index in [0.29, 0.717) is 11.7 Å². The fraction of sp³-hybridized carbons (Fsp3) is 0.800. The van der Waals surface area contributed by atoms with Crippen LogP contribution in [0.5, 0.6) is 0 Å². The zero-order valence-corrected chi connectivity index (χ0v) is 10.3. The molecule has 0 spiro atoms. The minimum atomic E-state index is -0.335. The summed E-state index contributed by atoms with van der Waals surface area (Å²) < 4.78 is 0. The molecule has 2 aliphatic heterocycles. The van der Waals surface area contributed by atoms with Crippen LogP contribution >= 0.6 is 11.8 Å². The van der Waals surface area contributed by atoms with Crippen LogP contribution in [0.25, 0.3) is 0 Å². The Kier molecular flexibility index (Phi) is 4.11. The molecule has 4 N–H and O–H groups in total. The van der Waals surface area contributed by atoms with E-state index in [1.54, 1.807) is 5.48 Å². The predicted molar refractivity (Wildman–Crippen MR) is 63.9 cm³/mol. The molecule has 2 aliphatic rings. The van der Waals surface area contributed by atoms with Gasteiger partial charge in [-0.2, -0.15) is 11.8 Å². The number of rotatable bonds is 5. The van der Waals surface area contributed by atoms with Crippen LogP contribution in [0.4, 0.5) is 4.79 Å². The average Bonchev–Trinajstić information content (AvgIpc) is 2.84. The summed E-state index contributed by atoms with van der Waals surface area (Å²) in [6.07, 6.45) is 3.05. The Morgan fingerprint density at radius 1 is 1.47 bits per heavy atom. The van der Waals surface area contributed by atoms with Crippen molar-refractivity contribution in [3.8, 4) is 0 Å². The van der Waals surface area contributed by atoms with E-state index in [4.69, 9.17) is 5.21 Å². The van der Waals surface area contributed by atoms with Crippen molar-refractivity contribution in [1.82, 2.24) is 16.1 Å². The van der Waals surface area contributed by atoms with Gasteiger partial charge in [-0.1, -0.05) is 6.42 Å². The van der Waals surface area contributed by atoms with Gasteiger partial charge in [-0.15, -0.1) is 0 Å². The first kappa shape index (κ1) is 12.5. The molecular formula is C10H17N3O3S. The number of urea groups is 1. The molecule has 3 amide bonds. The number of hydroxylamine groups is 1. The number of hydrogen-bond acceptors (Lipinski definition) is 4. The second-order valence-corrected chi connectivity index (χ2v) is 5.67. The van der Waals surface area contributed by atoms with E-state index in [2.05, 4.69) is 10.6 Å². The quantitative estimate of drug-likeness (QED) is 0.246. The molecule has 6 nitrogen and oxygen atoms in total. The normalized spacial score (nSPS) is 30.6. The molecular weight excluding hydrogens is 242 g/mol. The van der Waals surface area contributed by atoms with Gasteiger partial charge >= 0.3 is 6.03 Å². The Morgan fingerprint density at radius 2 is 2.29 bits per heavy atom. The number of carbonyl (C=O) groups excluding carboxylic acids is 2.